The number of nitrogens with zero attached hydrogens (tertiary/aromatic N) is 1. The molecule has 0 radical (unpaired) electrons. The first kappa shape index (κ1) is 22.1. The molecular weight excluding hydrogens is 441 g/mol. The second kappa shape index (κ2) is 9.03. The number of thiophene rings is 1. The van der Waals surface area contributed by atoms with Gasteiger partial charge in [0.15, 0.2) is 0 Å². The molecule has 5 nitrogen and oxygen atoms in total. The number of nitro groups is 1. The largest absolute Gasteiger partial charge is 0.423 e. The van der Waals surface area contributed by atoms with Gasteiger partial charge in [0.2, 0.25) is 0 Å². The average Bonchev–Trinajstić information content (AvgIpc) is 3.22. The summed E-state index contributed by atoms with van der Waals surface area (Å²) in [5.74, 6) is 0. The molecule has 0 fully saturated rings. The molecule has 0 aliphatic carbocycles. The number of hydrogen-bond donors (Lipinski definition) is 2. The van der Waals surface area contributed by atoms with Crippen molar-refractivity contribution in [3.05, 3.63) is 91.1 Å². The van der Waals surface area contributed by atoms with Crippen molar-refractivity contribution in [2.45, 2.75) is 24.7 Å². The van der Waals surface area contributed by atoms with E-state index in [9.17, 15) is 28.4 Å². The van der Waals surface area contributed by atoms with Gasteiger partial charge in [0.25, 0.3) is 5.69 Å². The number of rotatable bonds is 7. The van der Waals surface area contributed by atoms with Crippen LogP contribution in [0.3, 0.4) is 0 Å². The summed E-state index contributed by atoms with van der Waals surface area (Å²) in [5.41, 5.74) is -1.67. The van der Waals surface area contributed by atoms with Crippen molar-refractivity contribution in [3.8, 4) is 0 Å². The molecule has 2 N–H and O–H groups in total. The monoisotopic (exact) mass is 456 g/mol. The first-order chi connectivity index (χ1) is 14.1. The van der Waals surface area contributed by atoms with Crippen molar-refractivity contribution in [2.75, 3.05) is 5.32 Å². The molecule has 2 unspecified atom stereocenters. The Hall–Kier alpha value is -2.62. The van der Waals surface area contributed by atoms with Crippen molar-refractivity contribution in [1.82, 2.24) is 0 Å². The molecule has 2 atom stereocenters. The van der Waals surface area contributed by atoms with E-state index in [1.165, 1.54) is 17.4 Å². The third-order valence-corrected chi connectivity index (χ3v) is 5.68. The fourth-order valence-electron chi connectivity index (χ4n) is 2.99. The van der Waals surface area contributed by atoms with Gasteiger partial charge in [-0.1, -0.05) is 29.8 Å². The summed E-state index contributed by atoms with van der Waals surface area (Å²) in [6, 6.07) is 12.5. The van der Waals surface area contributed by atoms with Crippen LogP contribution in [-0.4, -0.2) is 10.0 Å². The molecule has 0 aliphatic rings. The second-order valence-electron chi connectivity index (χ2n) is 6.50. The molecular formula is C20H16ClF3N2O3S. The summed E-state index contributed by atoms with van der Waals surface area (Å²) in [7, 11) is 0. The smallest absolute Gasteiger partial charge is 0.388 e. The molecule has 30 heavy (non-hydrogen) atoms. The lowest BCUT2D eigenvalue weighted by Gasteiger charge is -2.23. The van der Waals surface area contributed by atoms with Gasteiger partial charge in [0.1, 0.15) is 5.56 Å². The highest BCUT2D eigenvalue weighted by Gasteiger charge is 2.38. The molecule has 1 aromatic heterocycles. The third kappa shape index (κ3) is 5.29. The molecule has 0 spiro atoms. The number of anilines is 1. The third-order valence-electron chi connectivity index (χ3n) is 4.44. The molecule has 0 saturated heterocycles. The summed E-state index contributed by atoms with van der Waals surface area (Å²) in [6.07, 6.45) is -5.61. The molecule has 3 rings (SSSR count). The predicted octanol–water partition coefficient (Wildman–Crippen LogP) is 6.61. The predicted molar refractivity (Wildman–Crippen MR) is 110 cm³/mol. The highest BCUT2D eigenvalue weighted by atomic mass is 35.5. The fraction of sp³-hybridized carbons (Fsp3) is 0.200. The minimum atomic E-state index is -4.87. The first-order valence-corrected chi connectivity index (χ1v) is 10.00. The van der Waals surface area contributed by atoms with Crippen LogP contribution in [0.25, 0.3) is 0 Å². The van der Waals surface area contributed by atoms with Crippen LogP contribution in [0.1, 0.15) is 34.6 Å². The Balaban J connectivity index is 1.89. The number of aliphatic hydroxyl groups excluding tert-OH is 1. The molecule has 0 aliphatic heterocycles. The zero-order valence-corrected chi connectivity index (χ0v) is 16.8. The number of alkyl halides is 3. The molecule has 10 heteroatoms. The minimum absolute atomic E-state index is 0.0645. The zero-order valence-electron chi connectivity index (χ0n) is 15.3. The van der Waals surface area contributed by atoms with Crippen LogP contribution in [0.2, 0.25) is 5.02 Å². The summed E-state index contributed by atoms with van der Waals surface area (Å²) < 4.78 is 39.8. The zero-order chi connectivity index (χ0) is 21.9. The average molecular weight is 457 g/mol. The maximum Gasteiger partial charge on any atom is 0.423 e. The van der Waals surface area contributed by atoms with Crippen LogP contribution in [0, 0.1) is 10.1 Å². The number of halogens is 4. The first-order valence-electron chi connectivity index (χ1n) is 8.74. The molecule has 1 heterocycles. The van der Waals surface area contributed by atoms with E-state index in [1.807, 2.05) is 5.38 Å². The van der Waals surface area contributed by atoms with Crippen molar-refractivity contribution < 1.29 is 23.2 Å². The van der Waals surface area contributed by atoms with Crippen LogP contribution >= 0.6 is 22.9 Å². The van der Waals surface area contributed by atoms with Gasteiger partial charge in [-0.3, -0.25) is 10.1 Å². The molecule has 3 aromatic rings. The van der Waals surface area contributed by atoms with Crippen LogP contribution in [0.4, 0.5) is 24.5 Å². The SMILES string of the molecule is O=[N+]([O-])c1ccc(NC(CC(O)c2ccc(Cl)cc2)c2cccs2)cc1C(F)(F)F. The van der Waals surface area contributed by atoms with Gasteiger partial charge in [-0.25, -0.2) is 0 Å². The highest BCUT2D eigenvalue weighted by molar-refractivity contribution is 7.10. The molecule has 0 saturated carbocycles. The quantitative estimate of drug-likeness (QED) is 0.310. The van der Waals surface area contributed by atoms with Crippen molar-refractivity contribution in [2.24, 2.45) is 0 Å². The van der Waals surface area contributed by atoms with Crippen molar-refractivity contribution in [1.29, 1.82) is 0 Å². The number of nitro benzene ring substituents is 1. The number of benzene rings is 2. The summed E-state index contributed by atoms with van der Waals surface area (Å²) in [6.45, 7) is 0. The molecule has 158 valence electrons. The lowest BCUT2D eigenvalue weighted by atomic mass is 10.0. The highest BCUT2D eigenvalue weighted by Crippen LogP contribution is 2.39. The van der Waals surface area contributed by atoms with Crippen molar-refractivity contribution in [3.63, 3.8) is 0 Å². The van der Waals surface area contributed by atoms with Crippen LogP contribution < -0.4 is 5.32 Å². The van der Waals surface area contributed by atoms with E-state index in [-0.39, 0.29) is 12.1 Å². The van der Waals surface area contributed by atoms with E-state index >= 15 is 0 Å². The Bertz CT molecular complexity index is 1010. The topological polar surface area (TPSA) is 75.4 Å². The van der Waals surface area contributed by atoms with Crippen molar-refractivity contribution >= 4 is 34.3 Å². The van der Waals surface area contributed by atoms with E-state index < -0.39 is 34.5 Å². The Morgan fingerprint density at radius 1 is 1.17 bits per heavy atom. The minimum Gasteiger partial charge on any atom is -0.388 e. The summed E-state index contributed by atoms with van der Waals surface area (Å²) in [4.78, 5) is 10.7. The Kier molecular flexibility index (Phi) is 6.64. The lowest BCUT2D eigenvalue weighted by molar-refractivity contribution is -0.388. The molecule has 0 amide bonds. The normalized spacial score (nSPS) is 13.6. The van der Waals surface area contributed by atoms with Gasteiger partial charge in [-0.15, -0.1) is 11.3 Å². The number of nitrogens with one attached hydrogen (secondary N) is 1. The molecule has 0 bridgehead atoms. The molecule has 2 aromatic carbocycles. The number of aliphatic hydroxyl groups is 1. The van der Waals surface area contributed by atoms with Gasteiger partial charge in [0.05, 0.1) is 17.1 Å². The fourth-order valence-corrected chi connectivity index (χ4v) is 3.91. The number of hydrogen-bond acceptors (Lipinski definition) is 5. The van der Waals surface area contributed by atoms with Crippen LogP contribution in [0.5, 0.6) is 0 Å². The standard InChI is InChI=1S/C20H16ClF3N2O3S/c21-13-5-3-12(4-6-13)18(27)11-16(19-2-1-9-30-19)25-14-7-8-17(26(28)29)15(10-14)20(22,23)24/h1-10,16,18,25,27H,11H2. The van der Waals surface area contributed by atoms with Gasteiger partial charge in [-0.2, -0.15) is 13.2 Å². The maximum absolute atomic E-state index is 13.3. The van der Waals surface area contributed by atoms with Gasteiger partial charge in [-0.05, 0) is 41.3 Å². The van der Waals surface area contributed by atoms with E-state index in [2.05, 4.69) is 5.32 Å². The van der Waals surface area contributed by atoms with E-state index in [4.69, 9.17) is 11.6 Å². The van der Waals surface area contributed by atoms with Gasteiger partial charge in [0, 0.05) is 28.1 Å². The summed E-state index contributed by atoms with van der Waals surface area (Å²) in [5, 5.41) is 26.9. The van der Waals surface area contributed by atoms with E-state index in [0.29, 0.717) is 16.7 Å². The maximum atomic E-state index is 13.3. The van der Waals surface area contributed by atoms with E-state index in [1.54, 1.807) is 36.4 Å². The Morgan fingerprint density at radius 2 is 1.87 bits per heavy atom. The Labute approximate surface area is 178 Å². The van der Waals surface area contributed by atoms with Gasteiger partial charge >= 0.3 is 6.18 Å². The Morgan fingerprint density at radius 3 is 2.43 bits per heavy atom. The lowest BCUT2D eigenvalue weighted by Crippen LogP contribution is -2.15. The van der Waals surface area contributed by atoms with E-state index in [0.717, 1.165) is 10.9 Å². The summed E-state index contributed by atoms with van der Waals surface area (Å²) >= 11 is 7.25. The second-order valence-corrected chi connectivity index (χ2v) is 7.92. The van der Waals surface area contributed by atoms with Crippen LogP contribution in [0.15, 0.2) is 60.0 Å². The van der Waals surface area contributed by atoms with Gasteiger partial charge < -0.3 is 10.4 Å². The van der Waals surface area contributed by atoms with Crippen LogP contribution in [-0.2, 0) is 6.18 Å².